The number of hydrogen-bond acceptors (Lipinski definition) is 3. The van der Waals surface area contributed by atoms with E-state index in [2.05, 4.69) is 30.9 Å². The fourth-order valence-electron chi connectivity index (χ4n) is 3.51. The minimum atomic E-state index is 0.0667. The number of likely N-dealkylation sites (tertiary alicyclic amines) is 1. The van der Waals surface area contributed by atoms with Crippen LogP contribution in [0.2, 0.25) is 0 Å². The molecule has 1 aliphatic heterocycles. The topological polar surface area (TPSA) is 50.5 Å². The van der Waals surface area contributed by atoms with Gasteiger partial charge in [-0.15, -0.1) is 0 Å². The van der Waals surface area contributed by atoms with Gasteiger partial charge in [-0.2, -0.15) is 5.10 Å². The molecule has 0 aliphatic carbocycles. The quantitative estimate of drug-likeness (QED) is 0.809. The molecule has 5 heteroatoms. The summed E-state index contributed by atoms with van der Waals surface area (Å²) in [6.07, 6.45) is 4.65. The maximum Gasteiger partial charge on any atom is 0.257 e. The van der Waals surface area contributed by atoms with E-state index in [0.717, 1.165) is 30.9 Å². The van der Waals surface area contributed by atoms with Crippen molar-refractivity contribution in [2.75, 3.05) is 13.1 Å². The predicted molar refractivity (Wildman–Crippen MR) is 81.2 cm³/mol. The van der Waals surface area contributed by atoms with Gasteiger partial charge in [0.15, 0.2) is 5.65 Å². The van der Waals surface area contributed by atoms with Crippen molar-refractivity contribution in [2.45, 2.75) is 34.1 Å². The summed E-state index contributed by atoms with van der Waals surface area (Å²) in [5, 5.41) is 4.17. The molecule has 5 nitrogen and oxygen atoms in total. The van der Waals surface area contributed by atoms with Crippen LogP contribution in [0.15, 0.2) is 18.5 Å². The molecule has 1 aliphatic rings. The molecule has 2 aromatic heterocycles. The van der Waals surface area contributed by atoms with Crippen LogP contribution in [0.4, 0.5) is 0 Å². The Morgan fingerprint density at radius 1 is 1.43 bits per heavy atom. The predicted octanol–water partition coefficient (Wildman–Crippen LogP) is 2.55. The Labute approximate surface area is 125 Å². The monoisotopic (exact) mass is 286 g/mol. The highest BCUT2D eigenvalue weighted by atomic mass is 16.2. The van der Waals surface area contributed by atoms with Crippen molar-refractivity contribution in [2.24, 2.45) is 11.3 Å². The number of carbonyl (C=O) groups excluding carboxylic acids is 1. The Hall–Kier alpha value is -1.91. The van der Waals surface area contributed by atoms with Crippen LogP contribution in [0.25, 0.3) is 5.65 Å². The van der Waals surface area contributed by atoms with Crippen LogP contribution >= 0.6 is 0 Å². The van der Waals surface area contributed by atoms with E-state index in [0.29, 0.717) is 11.5 Å². The van der Waals surface area contributed by atoms with Gasteiger partial charge in [-0.05, 0) is 24.7 Å². The van der Waals surface area contributed by atoms with Crippen molar-refractivity contribution < 1.29 is 4.79 Å². The molecule has 1 amide bonds. The van der Waals surface area contributed by atoms with Gasteiger partial charge in [0.25, 0.3) is 5.91 Å². The summed E-state index contributed by atoms with van der Waals surface area (Å²) < 4.78 is 1.67. The Kier molecular flexibility index (Phi) is 3.23. The standard InChI is InChI=1S/C16H22N4O/c1-11-7-16(3,4)10-19(8-11)15(21)13-9-20-14(5-6-17-20)18-12(13)2/h5-6,9,11H,7-8,10H2,1-4H3. The molecule has 3 rings (SSSR count). The summed E-state index contributed by atoms with van der Waals surface area (Å²) in [5.74, 6) is 0.594. The lowest BCUT2D eigenvalue weighted by Gasteiger charge is -2.41. The zero-order chi connectivity index (χ0) is 15.2. The first-order chi connectivity index (χ1) is 9.85. The molecule has 112 valence electrons. The van der Waals surface area contributed by atoms with E-state index < -0.39 is 0 Å². The number of aromatic nitrogens is 3. The van der Waals surface area contributed by atoms with E-state index in [9.17, 15) is 4.79 Å². The SMILES string of the molecule is Cc1nc2ccnn2cc1C(=O)N1CC(C)CC(C)(C)C1. The molecule has 1 fully saturated rings. The normalized spacial score (nSPS) is 21.7. The van der Waals surface area contributed by atoms with Crippen molar-refractivity contribution in [3.05, 3.63) is 29.7 Å². The molecule has 0 N–H and O–H groups in total. The van der Waals surface area contributed by atoms with Crippen LogP contribution in [0.1, 0.15) is 43.2 Å². The maximum atomic E-state index is 12.9. The molecule has 2 aromatic rings. The minimum absolute atomic E-state index is 0.0667. The lowest BCUT2D eigenvalue weighted by Crippen LogP contribution is -2.47. The Morgan fingerprint density at radius 2 is 2.19 bits per heavy atom. The van der Waals surface area contributed by atoms with Gasteiger partial charge < -0.3 is 4.90 Å². The fourth-order valence-corrected chi connectivity index (χ4v) is 3.51. The van der Waals surface area contributed by atoms with E-state index in [1.807, 2.05) is 17.9 Å². The lowest BCUT2D eigenvalue weighted by atomic mass is 9.79. The van der Waals surface area contributed by atoms with Gasteiger partial charge in [0.2, 0.25) is 0 Å². The summed E-state index contributed by atoms with van der Waals surface area (Å²) in [5.41, 5.74) is 2.36. The molecular formula is C16H22N4O. The van der Waals surface area contributed by atoms with Crippen LogP contribution in [-0.2, 0) is 0 Å². The third-order valence-corrected chi connectivity index (χ3v) is 4.14. The van der Waals surface area contributed by atoms with Gasteiger partial charge in [0.1, 0.15) is 0 Å². The molecule has 1 unspecified atom stereocenters. The zero-order valence-electron chi connectivity index (χ0n) is 13.1. The number of fused-ring (bicyclic) bond motifs is 1. The van der Waals surface area contributed by atoms with Crippen LogP contribution in [-0.4, -0.2) is 38.5 Å². The highest BCUT2D eigenvalue weighted by Gasteiger charge is 2.33. The first kappa shape index (κ1) is 14.0. The first-order valence-electron chi connectivity index (χ1n) is 7.46. The second-order valence-electron chi connectivity index (χ2n) is 7.03. The number of aryl methyl sites for hydroxylation is 1. The molecule has 21 heavy (non-hydrogen) atoms. The number of nitrogens with zero attached hydrogens (tertiary/aromatic N) is 4. The average Bonchev–Trinajstić information content (AvgIpc) is 2.81. The zero-order valence-corrected chi connectivity index (χ0v) is 13.1. The average molecular weight is 286 g/mol. The number of carbonyl (C=O) groups is 1. The molecule has 0 spiro atoms. The van der Waals surface area contributed by atoms with Crippen LogP contribution < -0.4 is 0 Å². The summed E-state index contributed by atoms with van der Waals surface area (Å²) in [7, 11) is 0. The smallest absolute Gasteiger partial charge is 0.257 e. The van der Waals surface area contributed by atoms with Crippen LogP contribution in [0, 0.1) is 18.3 Å². The van der Waals surface area contributed by atoms with Crippen molar-refractivity contribution in [1.29, 1.82) is 0 Å². The third kappa shape index (κ3) is 2.64. The van der Waals surface area contributed by atoms with Crippen molar-refractivity contribution in [3.63, 3.8) is 0 Å². The van der Waals surface area contributed by atoms with Crippen LogP contribution in [0.3, 0.4) is 0 Å². The minimum Gasteiger partial charge on any atom is -0.338 e. The Morgan fingerprint density at radius 3 is 2.90 bits per heavy atom. The molecule has 3 heterocycles. The van der Waals surface area contributed by atoms with E-state index in [-0.39, 0.29) is 11.3 Å². The molecular weight excluding hydrogens is 264 g/mol. The molecule has 1 atom stereocenters. The van der Waals surface area contributed by atoms with Gasteiger partial charge in [0, 0.05) is 25.4 Å². The van der Waals surface area contributed by atoms with Crippen molar-refractivity contribution in [1.82, 2.24) is 19.5 Å². The fraction of sp³-hybridized carbons (Fsp3) is 0.562. The third-order valence-electron chi connectivity index (χ3n) is 4.14. The van der Waals surface area contributed by atoms with Crippen LogP contribution in [0.5, 0.6) is 0 Å². The van der Waals surface area contributed by atoms with E-state index >= 15 is 0 Å². The molecule has 0 bridgehead atoms. The van der Waals surface area contributed by atoms with Gasteiger partial charge in [-0.3, -0.25) is 4.79 Å². The number of piperidine rings is 1. The number of rotatable bonds is 1. The Bertz CT molecular complexity index is 689. The van der Waals surface area contributed by atoms with Gasteiger partial charge in [0.05, 0.1) is 17.5 Å². The number of hydrogen-bond donors (Lipinski definition) is 0. The highest BCUT2D eigenvalue weighted by Crippen LogP contribution is 2.32. The van der Waals surface area contributed by atoms with E-state index in [4.69, 9.17) is 0 Å². The maximum absolute atomic E-state index is 12.9. The van der Waals surface area contributed by atoms with Crippen molar-refractivity contribution in [3.8, 4) is 0 Å². The molecule has 0 aromatic carbocycles. The van der Waals surface area contributed by atoms with Gasteiger partial charge in [-0.25, -0.2) is 9.50 Å². The lowest BCUT2D eigenvalue weighted by molar-refractivity contribution is 0.0473. The molecule has 1 saturated heterocycles. The second kappa shape index (κ2) is 4.83. The summed E-state index contributed by atoms with van der Waals surface area (Å²) in [6, 6.07) is 1.84. The van der Waals surface area contributed by atoms with Crippen molar-refractivity contribution >= 4 is 11.6 Å². The van der Waals surface area contributed by atoms with Gasteiger partial charge in [-0.1, -0.05) is 20.8 Å². The summed E-state index contributed by atoms with van der Waals surface area (Å²) in [4.78, 5) is 19.3. The first-order valence-corrected chi connectivity index (χ1v) is 7.46. The second-order valence-corrected chi connectivity index (χ2v) is 7.03. The highest BCUT2D eigenvalue weighted by molar-refractivity contribution is 5.95. The number of amides is 1. The molecule has 0 saturated carbocycles. The summed E-state index contributed by atoms with van der Waals surface area (Å²) >= 11 is 0. The summed E-state index contributed by atoms with van der Waals surface area (Å²) in [6.45, 7) is 10.2. The Balaban J connectivity index is 1.94. The largest absolute Gasteiger partial charge is 0.338 e. The van der Waals surface area contributed by atoms with E-state index in [1.54, 1.807) is 16.9 Å². The van der Waals surface area contributed by atoms with E-state index in [1.165, 1.54) is 0 Å². The molecule has 0 radical (unpaired) electrons. The van der Waals surface area contributed by atoms with Gasteiger partial charge >= 0.3 is 0 Å².